The van der Waals surface area contributed by atoms with Crippen molar-refractivity contribution in [3.8, 4) is 0 Å². The molecule has 0 unspecified atom stereocenters. The van der Waals surface area contributed by atoms with Gasteiger partial charge in [-0.15, -0.1) is 0 Å². The first kappa shape index (κ1) is 17.4. The Morgan fingerprint density at radius 2 is 1.73 bits per heavy atom. The van der Waals surface area contributed by atoms with Gasteiger partial charge < -0.3 is 15.0 Å². The largest absolute Gasteiger partial charge is 0.452 e. The number of hydrogen-bond donors (Lipinski definition) is 2. The highest BCUT2D eigenvalue weighted by Crippen LogP contribution is 2.15. The third kappa shape index (κ3) is 4.36. The second kappa shape index (κ2) is 8.11. The number of aromatic amines is 1. The molecule has 0 fully saturated rings. The monoisotopic (exact) mass is 350 g/mol. The Morgan fingerprint density at radius 3 is 2.54 bits per heavy atom. The first-order chi connectivity index (χ1) is 12.6. The van der Waals surface area contributed by atoms with E-state index in [4.69, 9.17) is 4.74 Å². The van der Waals surface area contributed by atoms with E-state index < -0.39 is 18.1 Å². The van der Waals surface area contributed by atoms with Gasteiger partial charge in [-0.3, -0.25) is 9.59 Å². The van der Waals surface area contributed by atoms with Crippen LogP contribution in [0.1, 0.15) is 15.9 Å². The summed E-state index contributed by atoms with van der Waals surface area (Å²) in [6.07, 6.45) is 0.694. The minimum atomic E-state index is -0.703. The maximum atomic E-state index is 12.3. The molecule has 0 spiro atoms. The van der Waals surface area contributed by atoms with Crippen LogP contribution in [0, 0.1) is 0 Å². The van der Waals surface area contributed by atoms with Gasteiger partial charge in [-0.25, -0.2) is 4.79 Å². The van der Waals surface area contributed by atoms with Crippen molar-refractivity contribution < 1.29 is 14.3 Å². The van der Waals surface area contributed by atoms with Gasteiger partial charge in [0, 0.05) is 23.5 Å². The zero-order chi connectivity index (χ0) is 18.4. The van der Waals surface area contributed by atoms with Crippen LogP contribution in [0.3, 0.4) is 0 Å². The number of para-hydroxylation sites is 1. The SMILES string of the molecule is O=C(COC(=O)c1cc(=O)[nH]c2ccccc12)NCCc1ccccc1. The van der Waals surface area contributed by atoms with E-state index in [0.29, 0.717) is 23.9 Å². The summed E-state index contributed by atoms with van der Waals surface area (Å²) in [5.41, 5.74) is 1.39. The Kier molecular flexibility index (Phi) is 5.43. The van der Waals surface area contributed by atoms with Crippen LogP contribution in [0.25, 0.3) is 10.9 Å². The molecule has 1 heterocycles. The minimum Gasteiger partial charge on any atom is -0.452 e. The van der Waals surface area contributed by atoms with E-state index >= 15 is 0 Å². The standard InChI is InChI=1S/C20H18N2O4/c23-18-12-16(15-8-4-5-9-17(15)22-18)20(25)26-13-19(24)21-11-10-14-6-2-1-3-7-14/h1-9,12H,10-11,13H2,(H,21,24)(H,22,23). The van der Waals surface area contributed by atoms with E-state index in [1.165, 1.54) is 6.07 Å². The van der Waals surface area contributed by atoms with Gasteiger partial charge in [-0.1, -0.05) is 48.5 Å². The molecule has 0 atom stereocenters. The molecule has 2 aromatic carbocycles. The van der Waals surface area contributed by atoms with Gasteiger partial charge in [-0.2, -0.15) is 0 Å². The number of carbonyl (C=O) groups excluding carboxylic acids is 2. The Bertz CT molecular complexity index is 980. The van der Waals surface area contributed by atoms with Gasteiger partial charge >= 0.3 is 5.97 Å². The van der Waals surface area contributed by atoms with E-state index in [0.717, 1.165) is 5.56 Å². The van der Waals surface area contributed by atoms with Gasteiger partial charge in [0.1, 0.15) is 0 Å². The molecule has 3 rings (SSSR count). The number of pyridine rings is 1. The number of benzene rings is 2. The van der Waals surface area contributed by atoms with Crippen LogP contribution in [-0.4, -0.2) is 30.0 Å². The lowest BCUT2D eigenvalue weighted by molar-refractivity contribution is -0.124. The predicted molar refractivity (Wildman–Crippen MR) is 98.0 cm³/mol. The van der Waals surface area contributed by atoms with E-state index in [9.17, 15) is 14.4 Å². The number of esters is 1. The number of ether oxygens (including phenoxy) is 1. The first-order valence-corrected chi connectivity index (χ1v) is 8.23. The Labute approximate surface area is 149 Å². The molecule has 3 aromatic rings. The van der Waals surface area contributed by atoms with Crippen LogP contribution in [0.15, 0.2) is 65.5 Å². The number of hydrogen-bond acceptors (Lipinski definition) is 4. The highest BCUT2D eigenvalue weighted by atomic mass is 16.5. The first-order valence-electron chi connectivity index (χ1n) is 8.23. The predicted octanol–water partition coefficient (Wildman–Crippen LogP) is 2.04. The normalized spacial score (nSPS) is 10.5. The average molecular weight is 350 g/mol. The molecule has 0 saturated carbocycles. The molecule has 1 aromatic heterocycles. The summed E-state index contributed by atoms with van der Waals surface area (Å²) in [5.74, 6) is -1.09. The molecule has 2 N–H and O–H groups in total. The molecule has 0 radical (unpaired) electrons. The van der Waals surface area contributed by atoms with Crippen LogP contribution in [-0.2, 0) is 16.0 Å². The molecular weight excluding hydrogens is 332 g/mol. The molecule has 0 aliphatic carbocycles. The van der Waals surface area contributed by atoms with Gasteiger partial charge in [-0.05, 0) is 18.1 Å². The molecular formula is C20H18N2O4. The van der Waals surface area contributed by atoms with E-state index in [-0.39, 0.29) is 11.5 Å². The molecule has 0 saturated heterocycles. The number of H-pyrrole nitrogens is 1. The van der Waals surface area contributed by atoms with Crippen LogP contribution in [0.4, 0.5) is 0 Å². The highest BCUT2D eigenvalue weighted by molar-refractivity contribution is 6.03. The molecule has 6 heteroatoms. The van der Waals surface area contributed by atoms with Crippen molar-refractivity contribution >= 4 is 22.8 Å². The molecule has 26 heavy (non-hydrogen) atoms. The van der Waals surface area contributed by atoms with Crippen molar-refractivity contribution in [3.05, 3.63) is 82.1 Å². The van der Waals surface area contributed by atoms with Gasteiger partial charge in [0.25, 0.3) is 5.91 Å². The van der Waals surface area contributed by atoms with E-state index in [2.05, 4.69) is 10.3 Å². The lowest BCUT2D eigenvalue weighted by atomic mass is 10.1. The molecule has 0 bridgehead atoms. The summed E-state index contributed by atoms with van der Waals surface area (Å²) >= 11 is 0. The zero-order valence-corrected chi connectivity index (χ0v) is 14.0. The zero-order valence-electron chi connectivity index (χ0n) is 14.0. The third-order valence-electron chi connectivity index (χ3n) is 3.88. The Morgan fingerprint density at radius 1 is 1.00 bits per heavy atom. The van der Waals surface area contributed by atoms with Gasteiger partial charge in [0.2, 0.25) is 5.56 Å². The minimum absolute atomic E-state index is 0.140. The summed E-state index contributed by atoms with van der Waals surface area (Å²) in [7, 11) is 0. The Balaban J connectivity index is 1.55. The molecule has 0 aliphatic rings. The Hall–Kier alpha value is -3.41. The second-order valence-corrected chi connectivity index (χ2v) is 5.75. The van der Waals surface area contributed by atoms with Crippen molar-refractivity contribution in [3.63, 3.8) is 0 Å². The van der Waals surface area contributed by atoms with Crippen LogP contribution < -0.4 is 10.9 Å². The molecule has 0 aliphatic heterocycles. The number of aromatic nitrogens is 1. The number of carbonyl (C=O) groups is 2. The summed E-state index contributed by atoms with van der Waals surface area (Å²) < 4.78 is 5.05. The fraction of sp³-hybridized carbons (Fsp3) is 0.150. The summed E-state index contributed by atoms with van der Waals surface area (Å²) in [6.45, 7) is 0.0586. The van der Waals surface area contributed by atoms with Crippen LogP contribution in [0.2, 0.25) is 0 Å². The molecule has 132 valence electrons. The number of amides is 1. The van der Waals surface area contributed by atoms with E-state index in [1.807, 2.05) is 30.3 Å². The van der Waals surface area contributed by atoms with Crippen molar-refractivity contribution in [1.82, 2.24) is 10.3 Å². The molecule has 1 amide bonds. The number of fused-ring (bicyclic) bond motifs is 1. The smallest absolute Gasteiger partial charge is 0.339 e. The van der Waals surface area contributed by atoms with Crippen LogP contribution >= 0.6 is 0 Å². The number of nitrogens with one attached hydrogen (secondary N) is 2. The molecule has 6 nitrogen and oxygen atoms in total. The lowest BCUT2D eigenvalue weighted by Crippen LogP contribution is -2.30. The topological polar surface area (TPSA) is 88.3 Å². The quantitative estimate of drug-likeness (QED) is 0.666. The van der Waals surface area contributed by atoms with E-state index in [1.54, 1.807) is 24.3 Å². The van der Waals surface area contributed by atoms with Crippen LogP contribution in [0.5, 0.6) is 0 Å². The van der Waals surface area contributed by atoms with Gasteiger partial charge in [0.15, 0.2) is 6.61 Å². The fourth-order valence-corrected chi connectivity index (χ4v) is 2.62. The van der Waals surface area contributed by atoms with Crippen molar-refractivity contribution in [2.24, 2.45) is 0 Å². The summed E-state index contributed by atoms with van der Waals surface area (Å²) in [4.78, 5) is 38.4. The van der Waals surface area contributed by atoms with Crippen molar-refractivity contribution in [1.29, 1.82) is 0 Å². The fourth-order valence-electron chi connectivity index (χ4n) is 2.62. The lowest BCUT2D eigenvalue weighted by Gasteiger charge is -2.08. The maximum Gasteiger partial charge on any atom is 0.339 e. The highest BCUT2D eigenvalue weighted by Gasteiger charge is 2.14. The summed E-state index contributed by atoms with van der Waals surface area (Å²) in [5, 5.41) is 3.27. The van der Waals surface area contributed by atoms with Crippen molar-refractivity contribution in [2.45, 2.75) is 6.42 Å². The number of rotatable bonds is 6. The second-order valence-electron chi connectivity index (χ2n) is 5.75. The maximum absolute atomic E-state index is 12.3. The third-order valence-corrected chi connectivity index (χ3v) is 3.88. The average Bonchev–Trinajstić information content (AvgIpc) is 2.66. The summed E-state index contributed by atoms with van der Waals surface area (Å²) in [6, 6.07) is 17.9. The van der Waals surface area contributed by atoms with Crippen molar-refractivity contribution in [2.75, 3.05) is 13.2 Å². The van der Waals surface area contributed by atoms with Gasteiger partial charge in [0.05, 0.1) is 5.56 Å².